The summed E-state index contributed by atoms with van der Waals surface area (Å²) in [5.41, 5.74) is 6.82. The fraction of sp³-hybridized carbons (Fsp3) is 0.130. The number of pyridine rings is 2. The molecule has 3 heterocycles. The van der Waals surface area contributed by atoms with Gasteiger partial charge in [-0.1, -0.05) is 12.1 Å². The highest BCUT2D eigenvalue weighted by Gasteiger charge is 2.11. The topological polar surface area (TPSA) is 72.7 Å². The molecule has 0 atom stereocenters. The molecule has 29 heavy (non-hydrogen) atoms. The highest BCUT2D eigenvalue weighted by atomic mass is 16.1. The third-order valence-corrected chi connectivity index (χ3v) is 4.88. The molecule has 3 aromatic heterocycles. The summed E-state index contributed by atoms with van der Waals surface area (Å²) in [6, 6.07) is 11.9. The maximum absolute atomic E-state index is 12.4. The Labute approximate surface area is 169 Å². The van der Waals surface area contributed by atoms with Crippen LogP contribution in [0, 0.1) is 13.8 Å². The van der Waals surface area contributed by atoms with E-state index in [1.165, 1.54) is 0 Å². The summed E-state index contributed by atoms with van der Waals surface area (Å²) in [6.07, 6.45) is 8.85. The van der Waals surface area contributed by atoms with Crippen molar-refractivity contribution in [3.8, 4) is 22.3 Å². The van der Waals surface area contributed by atoms with E-state index in [1.807, 2.05) is 44.6 Å². The number of benzene rings is 1. The van der Waals surface area contributed by atoms with E-state index in [9.17, 15) is 4.79 Å². The van der Waals surface area contributed by atoms with Crippen LogP contribution in [0.5, 0.6) is 0 Å². The number of hydrogen-bond acceptors (Lipinski definition) is 4. The molecular formula is C23H21N5O. The molecule has 0 radical (unpaired) electrons. The Kier molecular flexibility index (Phi) is 4.91. The molecule has 0 spiro atoms. The number of carbonyl (C=O) groups excluding carboxylic acids is 1. The number of aryl methyl sites for hydroxylation is 3. The van der Waals surface area contributed by atoms with Gasteiger partial charge in [-0.25, -0.2) is 4.98 Å². The van der Waals surface area contributed by atoms with E-state index >= 15 is 0 Å². The second kappa shape index (κ2) is 7.67. The summed E-state index contributed by atoms with van der Waals surface area (Å²) in [7, 11) is 1.91. The first kappa shape index (κ1) is 18.6. The van der Waals surface area contributed by atoms with Gasteiger partial charge in [0.25, 0.3) is 5.91 Å². The molecule has 0 aliphatic rings. The largest absolute Gasteiger partial charge is 0.307 e. The van der Waals surface area contributed by atoms with Gasteiger partial charge in [-0.2, -0.15) is 5.10 Å². The van der Waals surface area contributed by atoms with Crippen LogP contribution in [0.25, 0.3) is 22.3 Å². The first-order valence-electron chi connectivity index (χ1n) is 9.29. The molecule has 4 rings (SSSR count). The van der Waals surface area contributed by atoms with Crippen LogP contribution < -0.4 is 5.32 Å². The Bertz CT molecular complexity index is 1180. The molecule has 6 nitrogen and oxygen atoms in total. The van der Waals surface area contributed by atoms with Gasteiger partial charge in [-0.05, 0) is 60.4 Å². The van der Waals surface area contributed by atoms with E-state index in [0.29, 0.717) is 11.4 Å². The quantitative estimate of drug-likeness (QED) is 0.566. The zero-order valence-corrected chi connectivity index (χ0v) is 16.5. The molecule has 1 amide bonds. The lowest BCUT2D eigenvalue weighted by Gasteiger charge is -2.10. The SMILES string of the molecule is Cc1ccncc1C(=O)Nc1ccc(-c2cc(-c3cnn(C)c3)ccc2C)cn1. The van der Waals surface area contributed by atoms with Crippen LogP contribution in [0.1, 0.15) is 21.5 Å². The molecule has 4 aromatic rings. The zero-order chi connectivity index (χ0) is 20.4. The monoisotopic (exact) mass is 383 g/mol. The van der Waals surface area contributed by atoms with Crippen molar-refractivity contribution in [3.63, 3.8) is 0 Å². The Morgan fingerprint density at radius 3 is 2.45 bits per heavy atom. The lowest BCUT2D eigenvalue weighted by molar-refractivity contribution is 0.102. The molecule has 144 valence electrons. The van der Waals surface area contributed by atoms with E-state index in [1.54, 1.807) is 23.3 Å². The number of nitrogens with one attached hydrogen (secondary N) is 1. The number of aromatic nitrogens is 4. The number of amides is 1. The van der Waals surface area contributed by atoms with Crippen molar-refractivity contribution >= 4 is 11.7 Å². The van der Waals surface area contributed by atoms with Crippen molar-refractivity contribution in [1.29, 1.82) is 0 Å². The van der Waals surface area contributed by atoms with Gasteiger partial charge in [0.15, 0.2) is 0 Å². The smallest absolute Gasteiger partial charge is 0.258 e. The van der Waals surface area contributed by atoms with Crippen LogP contribution in [-0.4, -0.2) is 25.7 Å². The molecule has 6 heteroatoms. The molecule has 1 N–H and O–H groups in total. The first-order chi connectivity index (χ1) is 14.0. The van der Waals surface area contributed by atoms with E-state index in [2.05, 4.69) is 45.5 Å². The fourth-order valence-electron chi connectivity index (χ4n) is 3.20. The number of nitrogens with zero attached hydrogens (tertiary/aromatic N) is 4. The minimum Gasteiger partial charge on any atom is -0.307 e. The zero-order valence-electron chi connectivity index (χ0n) is 16.5. The molecule has 0 fully saturated rings. The Hall–Kier alpha value is -3.80. The molecule has 0 saturated carbocycles. The normalized spacial score (nSPS) is 10.7. The number of carbonyl (C=O) groups is 1. The first-order valence-corrected chi connectivity index (χ1v) is 9.29. The Morgan fingerprint density at radius 2 is 1.76 bits per heavy atom. The lowest BCUT2D eigenvalue weighted by atomic mass is 9.97. The molecule has 0 aliphatic carbocycles. The van der Waals surface area contributed by atoms with Gasteiger partial charge in [-0.15, -0.1) is 0 Å². The predicted octanol–water partition coefficient (Wildman–Crippen LogP) is 4.41. The minimum atomic E-state index is -0.217. The maximum atomic E-state index is 12.4. The Morgan fingerprint density at radius 1 is 0.931 bits per heavy atom. The van der Waals surface area contributed by atoms with E-state index in [0.717, 1.165) is 33.4 Å². The second-order valence-corrected chi connectivity index (χ2v) is 7.01. The van der Waals surface area contributed by atoms with E-state index in [-0.39, 0.29) is 5.91 Å². The van der Waals surface area contributed by atoms with Crippen molar-refractivity contribution in [2.45, 2.75) is 13.8 Å². The molecule has 0 aliphatic heterocycles. The average Bonchev–Trinajstić information content (AvgIpc) is 3.16. The van der Waals surface area contributed by atoms with Crippen LogP contribution in [0.3, 0.4) is 0 Å². The van der Waals surface area contributed by atoms with Gasteiger partial charge < -0.3 is 5.32 Å². The summed E-state index contributed by atoms with van der Waals surface area (Å²) in [5, 5.41) is 7.08. The third-order valence-electron chi connectivity index (χ3n) is 4.88. The van der Waals surface area contributed by atoms with Crippen LogP contribution >= 0.6 is 0 Å². The standard InChI is InChI=1S/C23H21N5O/c1-15-4-5-17(19-12-26-28(3)14-19)10-20(15)18-6-7-22(25-11-18)27-23(29)21-13-24-9-8-16(21)2/h4-14H,1-3H3,(H,25,27,29). The van der Waals surface area contributed by atoms with Crippen LogP contribution in [0.15, 0.2) is 67.4 Å². The highest BCUT2D eigenvalue weighted by molar-refractivity contribution is 6.04. The molecule has 0 bridgehead atoms. The van der Waals surface area contributed by atoms with Crippen molar-refractivity contribution in [2.75, 3.05) is 5.32 Å². The summed E-state index contributed by atoms with van der Waals surface area (Å²) < 4.78 is 1.79. The van der Waals surface area contributed by atoms with E-state index < -0.39 is 0 Å². The van der Waals surface area contributed by atoms with Crippen molar-refractivity contribution < 1.29 is 4.79 Å². The number of anilines is 1. The minimum absolute atomic E-state index is 0.217. The summed E-state index contributed by atoms with van der Waals surface area (Å²) >= 11 is 0. The van der Waals surface area contributed by atoms with Gasteiger partial charge in [-0.3, -0.25) is 14.5 Å². The van der Waals surface area contributed by atoms with Gasteiger partial charge in [0.1, 0.15) is 5.82 Å². The second-order valence-electron chi connectivity index (χ2n) is 7.01. The molecule has 1 aromatic carbocycles. The van der Waals surface area contributed by atoms with Gasteiger partial charge in [0.2, 0.25) is 0 Å². The van der Waals surface area contributed by atoms with Crippen molar-refractivity contribution in [1.82, 2.24) is 19.7 Å². The summed E-state index contributed by atoms with van der Waals surface area (Å²) in [4.78, 5) is 20.9. The van der Waals surface area contributed by atoms with Crippen LogP contribution in [0.2, 0.25) is 0 Å². The average molecular weight is 383 g/mol. The van der Waals surface area contributed by atoms with Gasteiger partial charge in [0, 0.05) is 43.0 Å². The summed E-state index contributed by atoms with van der Waals surface area (Å²) in [5.74, 6) is 0.286. The molecule has 0 saturated heterocycles. The molecular weight excluding hydrogens is 362 g/mol. The third kappa shape index (κ3) is 3.91. The Balaban J connectivity index is 1.58. The predicted molar refractivity (Wildman–Crippen MR) is 114 cm³/mol. The van der Waals surface area contributed by atoms with Gasteiger partial charge in [0.05, 0.1) is 11.8 Å². The van der Waals surface area contributed by atoms with Crippen LogP contribution in [-0.2, 0) is 7.05 Å². The van der Waals surface area contributed by atoms with E-state index in [4.69, 9.17) is 0 Å². The molecule has 0 unspecified atom stereocenters. The fourth-order valence-corrected chi connectivity index (χ4v) is 3.20. The maximum Gasteiger partial charge on any atom is 0.258 e. The lowest BCUT2D eigenvalue weighted by Crippen LogP contribution is -2.14. The number of rotatable bonds is 4. The summed E-state index contributed by atoms with van der Waals surface area (Å²) in [6.45, 7) is 3.95. The van der Waals surface area contributed by atoms with Crippen LogP contribution in [0.4, 0.5) is 5.82 Å². The highest BCUT2D eigenvalue weighted by Crippen LogP contribution is 2.29. The van der Waals surface area contributed by atoms with Gasteiger partial charge >= 0.3 is 0 Å². The number of hydrogen-bond donors (Lipinski definition) is 1. The van der Waals surface area contributed by atoms with Crippen molar-refractivity contribution in [2.24, 2.45) is 7.05 Å². The van der Waals surface area contributed by atoms with Crippen molar-refractivity contribution in [3.05, 3.63) is 84.1 Å².